The van der Waals surface area contributed by atoms with E-state index in [4.69, 9.17) is 23.2 Å². The van der Waals surface area contributed by atoms with Gasteiger partial charge in [0.05, 0.1) is 37.8 Å². The van der Waals surface area contributed by atoms with E-state index in [1.807, 2.05) is 43.3 Å². The number of anilines is 2. The van der Waals surface area contributed by atoms with Crippen molar-refractivity contribution >= 4 is 57.2 Å². The van der Waals surface area contributed by atoms with Gasteiger partial charge in [0.25, 0.3) is 5.91 Å². The van der Waals surface area contributed by atoms with Crippen LogP contribution in [0.2, 0.25) is 10.0 Å². The van der Waals surface area contributed by atoms with Gasteiger partial charge in [0.2, 0.25) is 5.91 Å². The van der Waals surface area contributed by atoms with Gasteiger partial charge in [-0.3, -0.25) is 13.8 Å². The Morgan fingerprint density at radius 3 is 2.37 bits per heavy atom. The van der Waals surface area contributed by atoms with Crippen LogP contribution in [0.3, 0.4) is 0 Å². The number of nitrogens with one attached hydrogen (secondary N) is 2. The summed E-state index contributed by atoms with van der Waals surface area (Å²) in [5.74, 6) is -1.36. The van der Waals surface area contributed by atoms with Crippen molar-refractivity contribution in [3.05, 3.63) is 100 Å². The van der Waals surface area contributed by atoms with Crippen LogP contribution >= 0.6 is 23.2 Å². The third-order valence-electron chi connectivity index (χ3n) is 5.81. The third-order valence-corrected chi connectivity index (χ3v) is 8.21. The van der Waals surface area contributed by atoms with Crippen LogP contribution in [0.25, 0.3) is 5.69 Å². The minimum atomic E-state index is -1.58. The molecule has 7 nitrogen and oxygen atoms in total. The fraction of sp³-hybridized carbons (Fsp3) is 0.143. The summed E-state index contributed by atoms with van der Waals surface area (Å²) in [5.41, 5.74) is 2.13. The molecule has 3 N–H and O–H groups in total. The maximum absolute atomic E-state index is 13.0. The second-order valence-corrected chi connectivity index (χ2v) is 11.0. The molecule has 1 aromatic heterocycles. The first-order valence-corrected chi connectivity index (χ1v) is 13.7. The number of para-hydroxylation sites is 1. The number of nitrogens with zero attached hydrogens (tertiary/aromatic N) is 1. The molecule has 4 rings (SSSR count). The largest absolute Gasteiger partial charge is 0.506 e. The van der Waals surface area contributed by atoms with Crippen LogP contribution in [0, 0.1) is 6.92 Å². The molecule has 0 aliphatic rings. The third kappa shape index (κ3) is 6.10. The van der Waals surface area contributed by atoms with Crippen LogP contribution < -0.4 is 10.6 Å². The monoisotopic (exact) mass is 569 g/mol. The Morgan fingerprint density at radius 2 is 1.68 bits per heavy atom. The fourth-order valence-electron chi connectivity index (χ4n) is 3.85. The van der Waals surface area contributed by atoms with Gasteiger partial charge in [0.1, 0.15) is 11.0 Å². The van der Waals surface area contributed by atoms with Crippen LogP contribution in [0.1, 0.15) is 29.3 Å². The van der Waals surface area contributed by atoms with Gasteiger partial charge in [-0.15, -0.1) is 0 Å². The number of phenols is 1. The Kier molecular flexibility index (Phi) is 8.56. The summed E-state index contributed by atoms with van der Waals surface area (Å²) in [6.07, 6.45) is 3.52. The zero-order valence-corrected chi connectivity index (χ0v) is 22.9. The molecule has 10 heteroatoms. The molecule has 0 radical (unpaired) electrons. The van der Waals surface area contributed by atoms with Crippen molar-refractivity contribution in [1.29, 1.82) is 0 Å². The number of carbonyl (C=O) groups is 2. The number of aryl methyl sites for hydroxylation is 1. The molecule has 0 spiro atoms. The predicted molar refractivity (Wildman–Crippen MR) is 152 cm³/mol. The molecule has 1 heterocycles. The number of aromatic nitrogens is 1. The fourth-order valence-corrected chi connectivity index (χ4v) is 5.70. The zero-order valence-electron chi connectivity index (χ0n) is 20.6. The quantitative estimate of drug-likeness (QED) is 0.209. The van der Waals surface area contributed by atoms with Gasteiger partial charge < -0.3 is 20.3 Å². The maximum Gasteiger partial charge on any atom is 0.258 e. The van der Waals surface area contributed by atoms with E-state index in [-0.39, 0.29) is 32.7 Å². The van der Waals surface area contributed by atoms with Gasteiger partial charge in [-0.25, -0.2) is 0 Å². The summed E-state index contributed by atoms with van der Waals surface area (Å²) in [4.78, 5) is 26.4. The highest BCUT2D eigenvalue weighted by Gasteiger charge is 2.26. The van der Waals surface area contributed by atoms with E-state index in [0.29, 0.717) is 11.3 Å². The van der Waals surface area contributed by atoms with E-state index in [1.165, 1.54) is 12.1 Å². The van der Waals surface area contributed by atoms with E-state index in [0.717, 1.165) is 11.3 Å². The van der Waals surface area contributed by atoms with Crippen LogP contribution in [-0.4, -0.2) is 30.9 Å². The lowest BCUT2D eigenvalue weighted by molar-refractivity contribution is -0.115. The molecule has 196 valence electrons. The topological polar surface area (TPSA) is 100 Å². The summed E-state index contributed by atoms with van der Waals surface area (Å²) < 4.78 is 14.8. The Morgan fingerprint density at radius 1 is 0.947 bits per heavy atom. The van der Waals surface area contributed by atoms with E-state index in [9.17, 15) is 18.9 Å². The second-order valence-electron chi connectivity index (χ2n) is 8.57. The smallest absolute Gasteiger partial charge is 0.258 e. The van der Waals surface area contributed by atoms with Crippen molar-refractivity contribution in [2.24, 2.45) is 0 Å². The number of rotatable bonds is 8. The first-order chi connectivity index (χ1) is 18.2. The van der Waals surface area contributed by atoms with Gasteiger partial charge in [0.15, 0.2) is 0 Å². The van der Waals surface area contributed by atoms with Gasteiger partial charge in [-0.05, 0) is 49.2 Å². The van der Waals surface area contributed by atoms with Crippen molar-refractivity contribution < 1.29 is 18.9 Å². The van der Waals surface area contributed by atoms with Crippen molar-refractivity contribution in [2.75, 3.05) is 10.6 Å². The number of halogens is 2. The van der Waals surface area contributed by atoms with Crippen LogP contribution in [0.5, 0.6) is 5.75 Å². The summed E-state index contributed by atoms with van der Waals surface area (Å²) in [5, 5.41) is 15.3. The number of benzene rings is 3. The molecular formula is C28H25Cl2N3O4S. The summed E-state index contributed by atoms with van der Waals surface area (Å²) in [7, 11) is -1.58. The molecule has 4 aromatic rings. The average Bonchev–Trinajstić information content (AvgIpc) is 3.29. The highest BCUT2D eigenvalue weighted by molar-refractivity contribution is 7.86. The molecule has 0 aliphatic heterocycles. The van der Waals surface area contributed by atoms with E-state index in [2.05, 4.69) is 10.6 Å². The Bertz CT molecular complexity index is 1520. The normalized spacial score (nSPS) is 12.5. The Hall–Kier alpha value is -3.59. The zero-order chi connectivity index (χ0) is 27.4. The number of hydrogen-bond acceptors (Lipinski definition) is 4. The van der Waals surface area contributed by atoms with Gasteiger partial charge in [0, 0.05) is 29.0 Å². The molecular weight excluding hydrogens is 545 g/mol. The summed E-state index contributed by atoms with van der Waals surface area (Å²) >= 11 is 12.7. The first-order valence-electron chi connectivity index (χ1n) is 11.7. The van der Waals surface area contributed by atoms with Crippen molar-refractivity contribution in [1.82, 2.24) is 4.57 Å². The minimum absolute atomic E-state index is 0.0388. The molecule has 0 saturated heterocycles. The highest BCUT2D eigenvalue weighted by atomic mass is 35.5. The molecule has 2 unspecified atom stereocenters. The lowest BCUT2D eigenvalue weighted by atomic mass is 10.2. The molecule has 0 fully saturated rings. The molecule has 0 aliphatic carbocycles. The SMILES string of the molecule is CCC(C(=O)Nc1cc(O)c(NC(=O)c2cn(-c3ccccc3)cc2Cl)cc1Cl)S(=O)c1cccc(C)c1. The molecule has 0 saturated carbocycles. The Balaban J connectivity index is 1.49. The number of hydrogen-bond donors (Lipinski definition) is 3. The second kappa shape index (κ2) is 11.9. The van der Waals surface area contributed by atoms with Gasteiger partial charge in [-0.1, -0.05) is 60.5 Å². The number of phenolic OH excluding ortho intramolecular Hbond substituents is 1. The molecule has 38 heavy (non-hydrogen) atoms. The van der Waals surface area contributed by atoms with Crippen molar-refractivity contribution in [3.8, 4) is 11.4 Å². The first kappa shape index (κ1) is 27.4. The number of aromatic hydroxyl groups is 1. The van der Waals surface area contributed by atoms with Gasteiger partial charge in [-0.2, -0.15) is 0 Å². The lowest BCUT2D eigenvalue weighted by Crippen LogP contribution is -2.31. The molecule has 3 aromatic carbocycles. The molecule has 2 amide bonds. The number of amides is 2. The van der Waals surface area contributed by atoms with Crippen molar-refractivity contribution in [2.45, 2.75) is 30.4 Å². The summed E-state index contributed by atoms with van der Waals surface area (Å²) in [6, 6.07) is 19.1. The average molecular weight is 570 g/mol. The van der Waals surface area contributed by atoms with Crippen LogP contribution in [0.4, 0.5) is 11.4 Å². The van der Waals surface area contributed by atoms with E-state index in [1.54, 1.807) is 42.1 Å². The van der Waals surface area contributed by atoms with Crippen LogP contribution in [0.15, 0.2) is 84.0 Å². The standard InChI is InChI=1S/C28H25Cl2N3O4S/c1-3-26(38(37)19-11-7-8-17(2)12-19)28(36)31-23-14-25(34)24(13-21(23)29)32-27(35)20-15-33(16-22(20)30)18-9-5-4-6-10-18/h4-16,26,34H,3H2,1-2H3,(H,31,36)(H,32,35). The van der Waals surface area contributed by atoms with Crippen molar-refractivity contribution in [3.63, 3.8) is 0 Å². The van der Waals surface area contributed by atoms with Gasteiger partial charge >= 0.3 is 0 Å². The highest BCUT2D eigenvalue weighted by Crippen LogP contribution is 2.35. The number of carbonyl (C=O) groups excluding carboxylic acids is 2. The maximum atomic E-state index is 13.0. The van der Waals surface area contributed by atoms with E-state index >= 15 is 0 Å². The van der Waals surface area contributed by atoms with E-state index < -0.39 is 27.9 Å². The Labute approximate surface area is 232 Å². The summed E-state index contributed by atoms with van der Waals surface area (Å²) in [6.45, 7) is 3.66. The molecule has 2 atom stereocenters. The molecule has 0 bridgehead atoms. The lowest BCUT2D eigenvalue weighted by Gasteiger charge is -2.17. The minimum Gasteiger partial charge on any atom is -0.506 e. The predicted octanol–water partition coefficient (Wildman–Crippen LogP) is 6.58. The van der Waals surface area contributed by atoms with Crippen LogP contribution in [-0.2, 0) is 15.6 Å².